The summed E-state index contributed by atoms with van der Waals surface area (Å²) in [5.41, 5.74) is 1.96. The zero-order valence-electron chi connectivity index (χ0n) is 14.5. The van der Waals surface area contributed by atoms with E-state index in [2.05, 4.69) is 31.4 Å². The molecule has 0 bridgehead atoms. The summed E-state index contributed by atoms with van der Waals surface area (Å²) in [5.74, 6) is -2.43. The summed E-state index contributed by atoms with van der Waals surface area (Å²) in [6, 6.07) is 7.62. The molecular weight excluding hydrogens is 310 g/mol. The van der Waals surface area contributed by atoms with Crippen LogP contribution >= 0.6 is 0 Å². The highest BCUT2D eigenvalue weighted by molar-refractivity contribution is 5.94. The third-order valence-electron chi connectivity index (χ3n) is 4.69. The number of hydrogen-bond acceptors (Lipinski definition) is 2. The van der Waals surface area contributed by atoms with Crippen molar-refractivity contribution >= 4 is 5.91 Å². The molecule has 2 atom stereocenters. The van der Waals surface area contributed by atoms with Crippen LogP contribution in [-0.4, -0.2) is 30.5 Å². The molecule has 1 amide bonds. The van der Waals surface area contributed by atoms with Crippen molar-refractivity contribution in [1.29, 1.82) is 0 Å². The first kappa shape index (κ1) is 17.3. The van der Waals surface area contributed by atoms with Crippen LogP contribution in [0.5, 0.6) is 0 Å². The van der Waals surface area contributed by atoms with Gasteiger partial charge >= 0.3 is 0 Å². The molecule has 2 aliphatic carbocycles. The molecule has 24 heavy (non-hydrogen) atoms. The van der Waals surface area contributed by atoms with Crippen molar-refractivity contribution in [2.75, 3.05) is 6.54 Å². The number of carbonyl (C=O) groups excluding carboxylic acids is 1. The molecule has 0 spiro atoms. The molecule has 132 valence electrons. The Morgan fingerprint density at radius 1 is 1.29 bits per heavy atom. The van der Waals surface area contributed by atoms with E-state index in [9.17, 15) is 13.6 Å². The Balaban J connectivity index is 1.54. The van der Waals surface area contributed by atoms with Crippen LogP contribution in [0.15, 0.2) is 24.3 Å². The summed E-state index contributed by atoms with van der Waals surface area (Å²) in [5, 5.41) is 6.27. The maximum absolute atomic E-state index is 12.9. The quantitative estimate of drug-likeness (QED) is 0.861. The van der Waals surface area contributed by atoms with Gasteiger partial charge in [-0.3, -0.25) is 4.79 Å². The van der Waals surface area contributed by atoms with Crippen molar-refractivity contribution in [3.63, 3.8) is 0 Å². The van der Waals surface area contributed by atoms with Crippen LogP contribution in [0.25, 0.3) is 0 Å². The predicted molar refractivity (Wildman–Crippen MR) is 90.5 cm³/mol. The molecule has 0 saturated heterocycles. The second-order valence-electron chi connectivity index (χ2n) is 8.45. The lowest BCUT2D eigenvalue weighted by Crippen LogP contribution is -2.50. The minimum absolute atomic E-state index is 0.250. The van der Waals surface area contributed by atoms with Gasteiger partial charge in [0, 0.05) is 43.0 Å². The number of halogens is 2. The molecule has 2 fully saturated rings. The van der Waals surface area contributed by atoms with Gasteiger partial charge in [0.1, 0.15) is 0 Å². The van der Waals surface area contributed by atoms with Gasteiger partial charge in [-0.05, 0) is 29.5 Å². The molecule has 0 heterocycles. The molecule has 2 saturated carbocycles. The van der Waals surface area contributed by atoms with E-state index in [0.29, 0.717) is 17.5 Å². The van der Waals surface area contributed by atoms with Crippen molar-refractivity contribution in [2.24, 2.45) is 5.41 Å². The molecular formula is C19H26F2N2O. The van der Waals surface area contributed by atoms with Gasteiger partial charge in [0.2, 0.25) is 0 Å². The number of hydrogen-bond donors (Lipinski definition) is 2. The monoisotopic (exact) mass is 336 g/mol. The van der Waals surface area contributed by atoms with Crippen LogP contribution in [0.4, 0.5) is 8.78 Å². The molecule has 2 aliphatic rings. The minimum Gasteiger partial charge on any atom is -0.349 e. The molecule has 0 aromatic heterocycles. The maximum Gasteiger partial charge on any atom is 0.252 e. The summed E-state index contributed by atoms with van der Waals surface area (Å²) in [6.45, 7) is 7.56. The molecule has 1 aromatic rings. The average Bonchev–Trinajstić information content (AvgIpc) is 3.22. The van der Waals surface area contributed by atoms with Gasteiger partial charge in [-0.2, -0.15) is 0 Å². The second-order valence-corrected chi connectivity index (χ2v) is 8.45. The standard InChI is InChI=1S/C19H26F2N2O/c1-18(2,3)11-22-16-8-15(16)12-5-4-6-13(7-12)17(24)23-14-9-19(20,21)10-14/h4-7,14-16,22H,8-11H2,1-3H3,(H,23,24)/t15-,16+/m0/s1. The third-order valence-corrected chi connectivity index (χ3v) is 4.69. The molecule has 3 nitrogen and oxygen atoms in total. The summed E-state index contributed by atoms with van der Waals surface area (Å²) in [6.07, 6.45) is 0.579. The summed E-state index contributed by atoms with van der Waals surface area (Å²) < 4.78 is 25.7. The molecule has 2 N–H and O–H groups in total. The first-order valence-electron chi connectivity index (χ1n) is 8.65. The van der Waals surface area contributed by atoms with Crippen LogP contribution in [0, 0.1) is 5.41 Å². The van der Waals surface area contributed by atoms with Gasteiger partial charge in [-0.15, -0.1) is 0 Å². The van der Waals surface area contributed by atoms with E-state index in [0.717, 1.165) is 18.5 Å². The summed E-state index contributed by atoms with van der Waals surface area (Å²) >= 11 is 0. The Morgan fingerprint density at radius 3 is 2.62 bits per heavy atom. The van der Waals surface area contributed by atoms with Crippen LogP contribution in [0.2, 0.25) is 0 Å². The van der Waals surface area contributed by atoms with E-state index in [1.165, 1.54) is 0 Å². The molecule has 0 unspecified atom stereocenters. The number of amides is 1. The average molecular weight is 336 g/mol. The molecule has 0 radical (unpaired) electrons. The van der Waals surface area contributed by atoms with Crippen molar-refractivity contribution in [1.82, 2.24) is 10.6 Å². The Kier molecular flexibility index (Phi) is 4.41. The molecule has 3 rings (SSSR count). The lowest BCUT2D eigenvalue weighted by Gasteiger charge is -2.35. The highest BCUT2D eigenvalue weighted by atomic mass is 19.3. The van der Waals surface area contributed by atoms with Gasteiger partial charge in [0.05, 0.1) is 0 Å². The van der Waals surface area contributed by atoms with Gasteiger partial charge in [0.25, 0.3) is 11.8 Å². The van der Waals surface area contributed by atoms with Crippen molar-refractivity contribution in [3.8, 4) is 0 Å². The topological polar surface area (TPSA) is 41.1 Å². The lowest BCUT2D eigenvalue weighted by atomic mass is 9.88. The second kappa shape index (κ2) is 6.10. The highest BCUT2D eigenvalue weighted by Gasteiger charge is 2.46. The maximum atomic E-state index is 12.9. The fraction of sp³-hybridized carbons (Fsp3) is 0.632. The number of carbonyl (C=O) groups is 1. The largest absolute Gasteiger partial charge is 0.349 e. The first-order valence-corrected chi connectivity index (χ1v) is 8.65. The van der Waals surface area contributed by atoms with E-state index < -0.39 is 12.0 Å². The van der Waals surface area contributed by atoms with E-state index in [1.54, 1.807) is 6.07 Å². The number of benzene rings is 1. The highest BCUT2D eigenvalue weighted by Crippen LogP contribution is 2.41. The Morgan fingerprint density at radius 2 is 2.00 bits per heavy atom. The van der Waals surface area contributed by atoms with E-state index in [-0.39, 0.29) is 24.2 Å². The molecule has 0 aliphatic heterocycles. The zero-order valence-corrected chi connectivity index (χ0v) is 14.5. The Hall–Kier alpha value is -1.49. The number of rotatable bonds is 5. The third kappa shape index (κ3) is 4.32. The van der Waals surface area contributed by atoms with Crippen LogP contribution in [-0.2, 0) is 0 Å². The summed E-state index contributed by atoms with van der Waals surface area (Å²) in [7, 11) is 0. The lowest BCUT2D eigenvalue weighted by molar-refractivity contribution is -0.0901. The van der Waals surface area contributed by atoms with Gasteiger partial charge in [-0.25, -0.2) is 8.78 Å². The van der Waals surface area contributed by atoms with Gasteiger partial charge in [-0.1, -0.05) is 32.9 Å². The molecule has 5 heteroatoms. The van der Waals surface area contributed by atoms with Crippen LogP contribution in [0.3, 0.4) is 0 Å². The van der Waals surface area contributed by atoms with Gasteiger partial charge in [0.15, 0.2) is 0 Å². The SMILES string of the molecule is CC(C)(C)CN[C@@H]1C[C@H]1c1cccc(C(=O)NC2CC(F)(F)C2)c1. The fourth-order valence-electron chi connectivity index (χ4n) is 3.17. The van der Waals surface area contributed by atoms with Crippen molar-refractivity contribution in [3.05, 3.63) is 35.4 Å². The predicted octanol–water partition coefficient (Wildman–Crippen LogP) is 3.71. The van der Waals surface area contributed by atoms with Crippen molar-refractivity contribution < 1.29 is 13.6 Å². The Bertz CT molecular complexity index is 616. The smallest absolute Gasteiger partial charge is 0.252 e. The van der Waals surface area contributed by atoms with Crippen LogP contribution in [0.1, 0.15) is 61.9 Å². The summed E-state index contributed by atoms with van der Waals surface area (Å²) in [4.78, 5) is 12.2. The van der Waals surface area contributed by atoms with Crippen LogP contribution < -0.4 is 10.6 Å². The fourth-order valence-corrected chi connectivity index (χ4v) is 3.17. The number of nitrogens with one attached hydrogen (secondary N) is 2. The zero-order chi connectivity index (χ0) is 17.5. The van der Waals surface area contributed by atoms with E-state index >= 15 is 0 Å². The normalized spacial score (nSPS) is 25.9. The van der Waals surface area contributed by atoms with Gasteiger partial charge < -0.3 is 10.6 Å². The van der Waals surface area contributed by atoms with Crippen molar-refractivity contribution in [2.45, 2.75) is 64.0 Å². The Labute approximate surface area is 142 Å². The number of alkyl halides is 2. The molecule has 1 aromatic carbocycles. The minimum atomic E-state index is -2.61. The first-order chi connectivity index (χ1) is 11.1. The van der Waals surface area contributed by atoms with E-state index in [4.69, 9.17) is 0 Å². The van der Waals surface area contributed by atoms with E-state index in [1.807, 2.05) is 18.2 Å².